The fourth-order valence-corrected chi connectivity index (χ4v) is 4.70. The molecule has 0 saturated carbocycles. The van der Waals surface area contributed by atoms with Crippen LogP contribution in [0.5, 0.6) is 0 Å². The van der Waals surface area contributed by atoms with Crippen LogP contribution in [0.15, 0.2) is 47.1 Å². The van der Waals surface area contributed by atoms with Gasteiger partial charge in [0.25, 0.3) is 0 Å². The molecule has 0 radical (unpaired) electrons. The van der Waals surface area contributed by atoms with Crippen molar-refractivity contribution in [2.24, 2.45) is 5.73 Å². The molecular weight excluding hydrogens is 394 g/mol. The van der Waals surface area contributed by atoms with E-state index in [0.29, 0.717) is 0 Å². The lowest BCUT2D eigenvalue weighted by Gasteiger charge is -2.26. The number of rotatable bonds is 7. The van der Waals surface area contributed by atoms with E-state index in [-0.39, 0.29) is 5.50 Å². The van der Waals surface area contributed by atoms with Gasteiger partial charge in [-0.15, -0.1) is 0 Å². The number of thioether (sulfide) groups is 1. The van der Waals surface area contributed by atoms with Crippen molar-refractivity contribution in [2.75, 3.05) is 38.2 Å². The van der Waals surface area contributed by atoms with Crippen LogP contribution in [0.4, 0.5) is 5.69 Å². The molecule has 3 N–H and O–H groups in total. The number of aromatic nitrogens is 2. The number of morpholine rings is 1. The van der Waals surface area contributed by atoms with Crippen LogP contribution in [-0.4, -0.2) is 52.8 Å². The summed E-state index contributed by atoms with van der Waals surface area (Å²) in [4.78, 5) is 8.37. The molecule has 2 aliphatic heterocycles. The highest BCUT2D eigenvalue weighted by atomic mass is 32.2. The lowest BCUT2D eigenvalue weighted by atomic mass is 10.1. The van der Waals surface area contributed by atoms with Gasteiger partial charge in [-0.05, 0) is 42.7 Å². The molecule has 3 heterocycles. The van der Waals surface area contributed by atoms with Gasteiger partial charge in [-0.25, -0.2) is 4.98 Å². The SMILES string of the molecule is CC/C=C/C(=C\c1ncn(Cc2ccc3c(c2)SC(N)N3)c1C)CN1CCOCC1. The fraction of sp³-hybridized carbons (Fsp3) is 0.435. The first-order valence-electron chi connectivity index (χ1n) is 10.6. The number of benzene rings is 1. The molecule has 160 valence electrons. The van der Waals surface area contributed by atoms with E-state index in [4.69, 9.17) is 15.5 Å². The summed E-state index contributed by atoms with van der Waals surface area (Å²) in [6, 6.07) is 6.50. The molecule has 6 nitrogen and oxygen atoms in total. The number of hydrogen-bond donors (Lipinski definition) is 2. The van der Waals surface area contributed by atoms with Crippen LogP contribution < -0.4 is 11.1 Å². The number of nitrogens with one attached hydrogen (secondary N) is 1. The summed E-state index contributed by atoms with van der Waals surface area (Å²) in [5.41, 5.74) is 11.8. The number of ether oxygens (including phenoxy) is 1. The highest BCUT2D eigenvalue weighted by Crippen LogP contribution is 2.37. The minimum absolute atomic E-state index is 0.0527. The molecule has 2 aromatic rings. The molecule has 2 aliphatic rings. The van der Waals surface area contributed by atoms with E-state index >= 15 is 0 Å². The summed E-state index contributed by atoms with van der Waals surface area (Å²) in [5, 5.41) is 3.27. The number of allylic oxidation sites excluding steroid dienone is 1. The summed E-state index contributed by atoms with van der Waals surface area (Å²) in [7, 11) is 0. The van der Waals surface area contributed by atoms with Gasteiger partial charge in [-0.2, -0.15) is 0 Å². The Labute approximate surface area is 183 Å². The predicted molar refractivity (Wildman–Crippen MR) is 125 cm³/mol. The third-order valence-electron chi connectivity index (χ3n) is 5.49. The molecule has 1 atom stereocenters. The fourth-order valence-electron chi connectivity index (χ4n) is 3.77. The molecule has 0 amide bonds. The number of hydrogen-bond acceptors (Lipinski definition) is 6. The smallest absolute Gasteiger partial charge is 0.127 e. The highest BCUT2D eigenvalue weighted by molar-refractivity contribution is 8.00. The normalized spacial score (nSPS) is 20.0. The Bertz CT molecular complexity index is 930. The monoisotopic (exact) mass is 425 g/mol. The Kier molecular flexibility index (Phi) is 6.94. The van der Waals surface area contributed by atoms with E-state index in [1.165, 1.54) is 21.7 Å². The largest absolute Gasteiger partial charge is 0.379 e. The van der Waals surface area contributed by atoms with Crippen LogP contribution in [-0.2, 0) is 11.3 Å². The Morgan fingerprint density at radius 1 is 1.37 bits per heavy atom. The molecule has 1 fully saturated rings. The average Bonchev–Trinajstić information content (AvgIpc) is 3.28. The van der Waals surface area contributed by atoms with Crippen molar-refractivity contribution in [3.63, 3.8) is 0 Å². The van der Waals surface area contributed by atoms with Crippen LogP contribution in [0.1, 0.15) is 30.3 Å². The van der Waals surface area contributed by atoms with Crippen molar-refractivity contribution < 1.29 is 4.74 Å². The minimum atomic E-state index is -0.0527. The Hall–Kier alpha value is -2.06. The molecule has 30 heavy (non-hydrogen) atoms. The van der Waals surface area contributed by atoms with Gasteiger partial charge >= 0.3 is 0 Å². The van der Waals surface area contributed by atoms with Crippen molar-refractivity contribution in [3.8, 4) is 0 Å². The van der Waals surface area contributed by atoms with Gasteiger partial charge in [0.15, 0.2) is 0 Å². The highest BCUT2D eigenvalue weighted by Gasteiger charge is 2.18. The van der Waals surface area contributed by atoms with E-state index in [9.17, 15) is 0 Å². The maximum atomic E-state index is 5.98. The van der Waals surface area contributed by atoms with Crippen molar-refractivity contribution in [1.82, 2.24) is 14.5 Å². The lowest BCUT2D eigenvalue weighted by molar-refractivity contribution is 0.0427. The van der Waals surface area contributed by atoms with Gasteiger partial charge in [-0.3, -0.25) is 4.90 Å². The topological polar surface area (TPSA) is 68.3 Å². The number of anilines is 1. The molecule has 1 aromatic heterocycles. The van der Waals surface area contributed by atoms with Crippen molar-refractivity contribution >= 4 is 23.5 Å². The number of nitrogens with two attached hydrogens (primary N) is 1. The second kappa shape index (κ2) is 9.83. The van der Waals surface area contributed by atoms with Gasteiger partial charge in [-0.1, -0.05) is 36.9 Å². The van der Waals surface area contributed by atoms with Crippen LogP contribution in [0, 0.1) is 6.92 Å². The first kappa shape index (κ1) is 21.2. The standard InChI is InChI=1S/C23H31N5OS/c1-3-4-5-18(14-27-8-10-29-11-9-27)12-21-17(2)28(16-25-21)15-19-6-7-20-22(13-19)30-23(24)26-20/h4-7,12-13,16,23,26H,3,8-11,14-15,24H2,1-2H3/b5-4+,18-12+. The van der Waals surface area contributed by atoms with Gasteiger partial charge in [0.1, 0.15) is 5.50 Å². The molecule has 1 saturated heterocycles. The van der Waals surface area contributed by atoms with Crippen molar-refractivity contribution in [3.05, 3.63) is 59.2 Å². The van der Waals surface area contributed by atoms with E-state index in [1.54, 1.807) is 11.8 Å². The average molecular weight is 426 g/mol. The van der Waals surface area contributed by atoms with E-state index in [0.717, 1.165) is 57.2 Å². The molecule has 0 bridgehead atoms. The zero-order chi connectivity index (χ0) is 20.9. The summed E-state index contributed by atoms with van der Waals surface area (Å²) < 4.78 is 7.70. The van der Waals surface area contributed by atoms with Crippen LogP contribution in [0.25, 0.3) is 6.08 Å². The summed E-state index contributed by atoms with van der Waals surface area (Å²) in [6.07, 6.45) is 9.67. The van der Waals surface area contributed by atoms with Crippen molar-refractivity contribution in [2.45, 2.75) is 37.2 Å². The third-order valence-corrected chi connectivity index (χ3v) is 6.45. The zero-order valence-electron chi connectivity index (χ0n) is 17.8. The molecular formula is C23H31N5OS. The van der Waals surface area contributed by atoms with Crippen LogP contribution in [0.2, 0.25) is 0 Å². The van der Waals surface area contributed by atoms with Crippen LogP contribution in [0.3, 0.4) is 0 Å². The maximum absolute atomic E-state index is 5.98. The Morgan fingerprint density at radius 3 is 3.00 bits per heavy atom. The van der Waals surface area contributed by atoms with E-state index in [2.05, 4.69) is 65.1 Å². The van der Waals surface area contributed by atoms with Crippen LogP contribution >= 0.6 is 11.8 Å². The molecule has 7 heteroatoms. The summed E-state index contributed by atoms with van der Waals surface area (Å²) in [5.74, 6) is 0. The Morgan fingerprint density at radius 2 is 2.20 bits per heavy atom. The first-order chi connectivity index (χ1) is 14.6. The van der Waals surface area contributed by atoms with Gasteiger partial charge in [0.05, 0.1) is 25.2 Å². The first-order valence-corrected chi connectivity index (χ1v) is 11.5. The third kappa shape index (κ3) is 5.16. The number of nitrogens with zero attached hydrogens (tertiary/aromatic N) is 3. The molecule has 0 aliphatic carbocycles. The molecule has 4 rings (SSSR count). The molecule has 1 unspecified atom stereocenters. The zero-order valence-corrected chi connectivity index (χ0v) is 18.6. The predicted octanol–water partition coefficient (Wildman–Crippen LogP) is 3.68. The van der Waals surface area contributed by atoms with E-state index in [1.807, 2.05) is 6.33 Å². The second-order valence-electron chi connectivity index (χ2n) is 7.77. The quantitative estimate of drug-likeness (QED) is 0.660. The maximum Gasteiger partial charge on any atom is 0.127 e. The van der Waals surface area contributed by atoms with Gasteiger partial charge in [0, 0.05) is 42.5 Å². The minimum Gasteiger partial charge on any atom is -0.379 e. The number of imidazole rings is 1. The van der Waals surface area contributed by atoms with Crippen molar-refractivity contribution in [1.29, 1.82) is 0 Å². The van der Waals surface area contributed by atoms with E-state index < -0.39 is 0 Å². The second-order valence-corrected chi connectivity index (χ2v) is 8.96. The molecule has 0 spiro atoms. The lowest BCUT2D eigenvalue weighted by Crippen LogP contribution is -2.37. The Balaban J connectivity index is 1.50. The van der Waals surface area contributed by atoms with Gasteiger partial charge < -0.3 is 20.4 Å². The number of fused-ring (bicyclic) bond motifs is 1. The summed E-state index contributed by atoms with van der Waals surface area (Å²) >= 11 is 1.67. The van der Waals surface area contributed by atoms with Gasteiger partial charge in [0.2, 0.25) is 0 Å². The summed E-state index contributed by atoms with van der Waals surface area (Å²) in [6.45, 7) is 9.66. The molecule has 1 aromatic carbocycles.